The molecule has 1 aliphatic rings. The largest absolute Gasteiger partial charge is 0.371 e. The van der Waals surface area contributed by atoms with Crippen LogP contribution in [0, 0.1) is 5.41 Å². The Hall–Kier alpha value is -0.540. The van der Waals surface area contributed by atoms with Gasteiger partial charge in [-0.1, -0.05) is 35.8 Å². The van der Waals surface area contributed by atoms with Gasteiger partial charge in [0.05, 0.1) is 0 Å². The maximum Gasteiger partial charge on any atom is 0.0425 e. The van der Waals surface area contributed by atoms with Crippen LogP contribution >= 0.6 is 15.9 Å². The molecule has 0 aliphatic heterocycles. The molecule has 0 spiro atoms. The standard InChI is InChI=1S/C17H27BrN2/c1-12(19)15-6-5-13(18)11-16(15)20(4)14-7-9-17(2,3)10-8-14/h5-6,11-12,14H,7-10,19H2,1-4H3. The lowest BCUT2D eigenvalue weighted by atomic mass is 9.75. The molecule has 1 atom stereocenters. The molecule has 1 aromatic carbocycles. The highest BCUT2D eigenvalue weighted by atomic mass is 79.9. The van der Waals surface area contributed by atoms with Crippen LogP contribution in [-0.2, 0) is 0 Å². The number of hydrogen-bond donors (Lipinski definition) is 1. The minimum absolute atomic E-state index is 0.0700. The van der Waals surface area contributed by atoms with Crippen molar-refractivity contribution in [2.75, 3.05) is 11.9 Å². The van der Waals surface area contributed by atoms with Crippen molar-refractivity contribution in [1.82, 2.24) is 0 Å². The number of hydrogen-bond acceptors (Lipinski definition) is 2. The van der Waals surface area contributed by atoms with Crippen molar-refractivity contribution in [2.24, 2.45) is 11.1 Å². The fourth-order valence-corrected chi connectivity index (χ4v) is 3.52. The summed E-state index contributed by atoms with van der Waals surface area (Å²) in [6.45, 7) is 6.83. The van der Waals surface area contributed by atoms with Crippen molar-refractivity contribution < 1.29 is 0 Å². The lowest BCUT2D eigenvalue weighted by Gasteiger charge is -2.40. The molecule has 0 radical (unpaired) electrons. The minimum atomic E-state index is 0.0700. The van der Waals surface area contributed by atoms with E-state index in [9.17, 15) is 0 Å². The van der Waals surface area contributed by atoms with Crippen LogP contribution in [0.4, 0.5) is 5.69 Å². The Morgan fingerprint density at radius 3 is 2.45 bits per heavy atom. The number of nitrogens with zero attached hydrogens (tertiary/aromatic N) is 1. The third-order valence-electron chi connectivity index (χ3n) is 4.72. The van der Waals surface area contributed by atoms with Crippen LogP contribution in [0.15, 0.2) is 22.7 Å². The summed E-state index contributed by atoms with van der Waals surface area (Å²) in [5.41, 5.74) is 9.16. The van der Waals surface area contributed by atoms with E-state index in [1.807, 2.05) is 0 Å². The molecule has 112 valence electrons. The lowest BCUT2D eigenvalue weighted by Crippen LogP contribution is -2.38. The van der Waals surface area contributed by atoms with Crippen LogP contribution in [0.5, 0.6) is 0 Å². The Bertz CT molecular complexity index is 458. The number of anilines is 1. The van der Waals surface area contributed by atoms with Gasteiger partial charge in [-0.05, 0) is 55.7 Å². The maximum absolute atomic E-state index is 6.13. The van der Waals surface area contributed by atoms with Gasteiger partial charge in [0.25, 0.3) is 0 Å². The molecule has 0 bridgehead atoms. The molecule has 1 aromatic rings. The molecule has 2 nitrogen and oxygen atoms in total. The first-order chi connectivity index (χ1) is 9.30. The number of nitrogens with two attached hydrogens (primary N) is 1. The third kappa shape index (κ3) is 3.56. The second kappa shape index (κ2) is 6.07. The highest BCUT2D eigenvalue weighted by Gasteiger charge is 2.29. The van der Waals surface area contributed by atoms with Gasteiger partial charge in [-0.25, -0.2) is 0 Å². The van der Waals surface area contributed by atoms with Crippen molar-refractivity contribution >= 4 is 21.6 Å². The molecule has 1 unspecified atom stereocenters. The minimum Gasteiger partial charge on any atom is -0.371 e. The molecular formula is C17H27BrN2. The normalized spacial score (nSPS) is 20.7. The van der Waals surface area contributed by atoms with Crippen molar-refractivity contribution in [3.05, 3.63) is 28.2 Å². The summed E-state index contributed by atoms with van der Waals surface area (Å²) in [4.78, 5) is 2.44. The molecule has 0 saturated heterocycles. The van der Waals surface area contributed by atoms with Gasteiger partial charge >= 0.3 is 0 Å². The van der Waals surface area contributed by atoms with Crippen LogP contribution in [0.2, 0.25) is 0 Å². The van der Waals surface area contributed by atoms with Crippen LogP contribution in [0.1, 0.15) is 58.1 Å². The molecule has 1 aliphatic carbocycles. The Kier molecular flexibility index (Phi) is 4.80. The van der Waals surface area contributed by atoms with Gasteiger partial charge in [0.2, 0.25) is 0 Å². The van der Waals surface area contributed by atoms with Crippen molar-refractivity contribution in [1.29, 1.82) is 0 Å². The second-order valence-corrected chi connectivity index (χ2v) is 7.91. The quantitative estimate of drug-likeness (QED) is 0.851. The number of rotatable bonds is 3. The van der Waals surface area contributed by atoms with Crippen molar-refractivity contribution in [3.63, 3.8) is 0 Å². The first-order valence-corrected chi connectivity index (χ1v) is 8.37. The van der Waals surface area contributed by atoms with Crippen molar-refractivity contribution in [2.45, 2.75) is 58.5 Å². The fourth-order valence-electron chi connectivity index (χ4n) is 3.18. The zero-order valence-corrected chi connectivity index (χ0v) is 14.7. The topological polar surface area (TPSA) is 29.3 Å². The van der Waals surface area contributed by atoms with Crippen LogP contribution in [0.3, 0.4) is 0 Å². The zero-order chi connectivity index (χ0) is 14.9. The molecule has 1 saturated carbocycles. The smallest absolute Gasteiger partial charge is 0.0425 e. The summed E-state index contributed by atoms with van der Waals surface area (Å²) in [7, 11) is 2.22. The fraction of sp³-hybridized carbons (Fsp3) is 0.647. The molecule has 2 rings (SSSR count). The molecular weight excluding hydrogens is 312 g/mol. The van der Waals surface area contributed by atoms with Crippen LogP contribution in [0.25, 0.3) is 0 Å². The van der Waals surface area contributed by atoms with Crippen LogP contribution in [-0.4, -0.2) is 13.1 Å². The zero-order valence-electron chi connectivity index (χ0n) is 13.1. The summed E-state index contributed by atoms with van der Waals surface area (Å²) in [6.07, 6.45) is 5.16. The Labute approximate surface area is 131 Å². The Morgan fingerprint density at radius 2 is 1.90 bits per heavy atom. The predicted molar refractivity (Wildman–Crippen MR) is 91.2 cm³/mol. The average molecular weight is 339 g/mol. The highest BCUT2D eigenvalue weighted by molar-refractivity contribution is 9.10. The summed E-state index contributed by atoms with van der Waals surface area (Å²) in [5.74, 6) is 0. The summed E-state index contributed by atoms with van der Waals surface area (Å²) in [6, 6.07) is 7.14. The van der Waals surface area contributed by atoms with E-state index < -0.39 is 0 Å². The number of benzene rings is 1. The first-order valence-electron chi connectivity index (χ1n) is 7.58. The predicted octanol–water partition coefficient (Wildman–Crippen LogP) is 4.87. The van der Waals surface area contributed by atoms with Crippen LogP contribution < -0.4 is 10.6 Å². The highest BCUT2D eigenvalue weighted by Crippen LogP contribution is 2.39. The molecule has 1 fully saturated rings. The molecule has 20 heavy (non-hydrogen) atoms. The van der Waals surface area contributed by atoms with Gasteiger partial charge < -0.3 is 10.6 Å². The second-order valence-electron chi connectivity index (χ2n) is 7.00. The van der Waals surface area contributed by atoms with Gasteiger partial charge in [0.1, 0.15) is 0 Å². The molecule has 0 amide bonds. The van der Waals surface area contributed by atoms with E-state index in [-0.39, 0.29) is 6.04 Å². The Morgan fingerprint density at radius 1 is 1.30 bits per heavy atom. The average Bonchev–Trinajstić information content (AvgIpc) is 2.37. The summed E-state index contributed by atoms with van der Waals surface area (Å²) in [5, 5.41) is 0. The van der Waals surface area contributed by atoms with E-state index >= 15 is 0 Å². The lowest BCUT2D eigenvalue weighted by molar-refractivity contribution is 0.222. The maximum atomic E-state index is 6.13. The van der Waals surface area contributed by atoms with E-state index in [1.165, 1.54) is 36.9 Å². The summed E-state index contributed by atoms with van der Waals surface area (Å²) < 4.78 is 1.12. The van der Waals surface area contributed by atoms with E-state index in [1.54, 1.807) is 0 Å². The first kappa shape index (κ1) is 15.8. The van der Waals surface area contributed by atoms with Crippen molar-refractivity contribution in [3.8, 4) is 0 Å². The van der Waals surface area contributed by atoms with E-state index in [4.69, 9.17) is 5.73 Å². The van der Waals surface area contributed by atoms with Gasteiger partial charge in [0.15, 0.2) is 0 Å². The van der Waals surface area contributed by atoms with Gasteiger partial charge in [-0.3, -0.25) is 0 Å². The SMILES string of the molecule is CC(N)c1ccc(Br)cc1N(C)C1CCC(C)(C)CC1. The van der Waals surface area contributed by atoms with Gasteiger partial charge in [0, 0.05) is 29.3 Å². The van der Waals surface area contributed by atoms with E-state index in [2.05, 4.69) is 66.8 Å². The monoisotopic (exact) mass is 338 g/mol. The summed E-state index contributed by atoms with van der Waals surface area (Å²) >= 11 is 3.59. The van der Waals surface area contributed by atoms with Gasteiger partial charge in [-0.2, -0.15) is 0 Å². The third-order valence-corrected chi connectivity index (χ3v) is 5.21. The molecule has 0 heterocycles. The molecule has 0 aromatic heterocycles. The van der Waals surface area contributed by atoms with E-state index in [0.29, 0.717) is 11.5 Å². The number of halogens is 1. The molecule has 2 N–H and O–H groups in total. The Balaban J connectivity index is 2.21. The van der Waals surface area contributed by atoms with E-state index in [0.717, 1.165) is 4.47 Å². The molecule has 3 heteroatoms. The van der Waals surface area contributed by atoms with Gasteiger partial charge in [-0.15, -0.1) is 0 Å².